The molecule has 24 heavy (non-hydrogen) atoms. The average Bonchev–Trinajstić information content (AvgIpc) is 2.98. The molecule has 0 fully saturated rings. The first kappa shape index (κ1) is 20.9. The monoisotopic (exact) mass is 481 g/mol. The largest absolute Gasteiger partial charge is 0.493 e. The molecular formula is C16H21ClIN3O2S. The van der Waals surface area contributed by atoms with Crippen LogP contribution in [0.25, 0.3) is 0 Å². The van der Waals surface area contributed by atoms with Crippen molar-refractivity contribution in [1.82, 2.24) is 5.32 Å². The van der Waals surface area contributed by atoms with E-state index in [1.807, 2.05) is 30.3 Å². The molecule has 132 valence electrons. The lowest BCUT2D eigenvalue weighted by atomic mass is 10.2. The summed E-state index contributed by atoms with van der Waals surface area (Å²) in [4.78, 5) is 5.54. The third-order valence-electron chi connectivity index (χ3n) is 3.19. The smallest absolute Gasteiger partial charge is 0.188 e. The Morgan fingerprint density at radius 3 is 2.58 bits per heavy atom. The molecule has 1 aromatic heterocycles. The Morgan fingerprint density at radius 2 is 1.96 bits per heavy atom. The van der Waals surface area contributed by atoms with E-state index in [1.54, 1.807) is 25.6 Å². The van der Waals surface area contributed by atoms with Crippen LogP contribution in [0.2, 0.25) is 4.34 Å². The maximum Gasteiger partial charge on any atom is 0.188 e. The summed E-state index contributed by atoms with van der Waals surface area (Å²) < 4.78 is 11.3. The number of rotatable bonds is 7. The Morgan fingerprint density at radius 1 is 1.21 bits per heavy atom. The normalized spacial score (nSPS) is 10.9. The van der Waals surface area contributed by atoms with Crippen molar-refractivity contribution in [2.75, 3.05) is 20.8 Å². The van der Waals surface area contributed by atoms with E-state index in [4.69, 9.17) is 26.8 Å². The predicted octanol–water partition coefficient (Wildman–Crippen LogP) is 3.68. The highest BCUT2D eigenvalue weighted by atomic mass is 127. The maximum atomic E-state index is 5.90. The van der Waals surface area contributed by atoms with Crippen LogP contribution in [0.4, 0.5) is 0 Å². The number of nitrogens with zero attached hydrogens (tertiary/aromatic N) is 1. The van der Waals surface area contributed by atoms with Crippen molar-refractivity contribution in [3.05, 3.63) is 45.1 Å². The van der Waals surface area contributed by atoms with Gasteiger partial charge in [-0.1, -0.05) is 17.7 Å². The van der Waals surface area contributed by atoms with E-state index in [9.17, 15) is 0 Å². The van der Waals surface area contributed by atoms with Crippen molar-refractivity contribution in [3.8, 4) is 11.5 Å². The van der Waals surface area contributed by atoms with Crippen molar-refractivity contribution >= 4 is 52.9 Å². The van der Waals surface area contributed by atoms with Gasteiger partial charge in [0.15, 0.2) is 17.5 Å². The second-order valence-electron chi connectivity index (χ2n) is 4.77. The molecule has 0 unspecified atom stereocenters. The van der Waals surface area contributed by atoms with Crippen molar-refractivity contribution in [2.45, 2.75) is 13.0 Å². The van der Waals surface area contributed by atoms with Crippen LogP contribution in [0.3, 0.4) is 0 Å². The van der Waals surface area contributed by atoms with Crippen LogP contribution >= 0.6 is 46.9 Å². The number of methoxy groups -OCH3 is 2. The minimum absolute atomic E-state index is 0. The zero-order chi connectivity index (χ0) is 16.7. The van der Waals surface area contributed by atoms with Gasteiger partial charge in [0.2, 0.25) is 0 Å². The van der Waals surface area contributed by atoms with E-state index in [-0.39, 0.29) is 24.0 Å². The first-order valence-electron chi connectivity index (χ1n) is 7.11. The van der Waals surface area contributed by atoms with Gasteiger partial charge in [0.25, 0.3) is 0 Å². The van der Waals surface area contributed by atoms with Gasteiger partial charge in [-0.15, -0.1) is 35.3 Å². The number of hydrogen-bond acceptors (Lipinski definition) is 4. The third kappa shape index (κ3) is 6.37. The average molecular weight is 482 g/mol. The summed E-state index contributed by atoms with van der Waals surface area (Å²) in [5, 5.41) is 3.10. The summed E-state index contributed by atoms with van der Waals surface area (Å²) in [6, 6.07) is 9.60. The number of guanidine groups is 1. The second-order valence-corrected chi connectivity index (χ2v) is 6.57. The van der Waals surface area contributed by atoms with E-state index >= 15 is 0 Å². The summed E-state index contributed by atoms with van der Waals surface area (Å²) in [7, 11) is 3.22. The van der Waals surface area contributed by atoms with Gasteiger partial charge in [0.1, 0.15) is 0 Å². The summed E-state index contributed by atoms with van der Waals surface area (Å²) >= 11 is 7.47. The van der Waals surface area contributed by atoms with Crippen molar-refractivity contribution in [1.29, 1.82) is 0 Å². The number of nitrogens with two attached hydrogens (primary N) is 1. The molecule has 1 heterocycles. The van der Waals surface area contributed by atoms with Crippen LogP contribution in [-0.2, 0) is 13.0 Å². The lowest BCUT2D eigenvalue weighted by molar-refractivity contribution is 0.354. The van der Waals surface area contributed by atoms with E-state index in [1.165, 1.54) is 4.88 Å². The highest BCUT2D eigenvalue weighted by Gasteiger charge is 2.04. The van der Waals surface area contributed by atoms with E-state index < -0.39 is 0 Å². The lowest BCUT2D eigenvalue weighted by Gasteiger charge is -2.09. The van der Waals surface area contributed by atoms with Gasteiger partial charge in [-0.25, -0.2) is 4.99 Å². The number of aliphatic imine (C=N–C) groups is 1. The van der Waals surface area contributed by atoms with E-state index in [0.717, 1.165) is 22.9 Å². The van der Waals surface area contributed by atoms with Gasteiger partial charge in [-0.05, 0) is 36.2 Å². The van der Waals surface area contributed by atoms with Gasteiger partial charge >= 0.3 is 0 Å². The number of benzene rings is 1. The van der Waals surface area contributed by atoms with Gasteiger partial charge < -0.3 is 20.5 Å². The van der Waals surface area contributed by atoms with Gasteiger partial charge in [-0.3, -0.25) is 0 Å². The molecule has 0 amide bonds. The van der Waals surface area contributed by atoms with Crippen molar-refractivity contribution in [3.63, 3.8) is 0 Å². The maximum absolute atomic E-state index is 5.90. The quantitative estimate of drug-likeness (QED) is 0.360. The molecule has 5 nitrogen and oxygen atoms in total. The molecule has 0 spiro atoms. The van der Waals surface area contributed by atoms with Crippen LogP contribution in [0.5, 0.6) is 11.5 Å². The fourth-order valence-corrected chi connectivity index (χ4v) is 3.10. The second kappa shape index (κ2) is 10.6. The summed E-state index contributed by atoms with van der Waals surface area (Å²) in [6.07, 6.45) is 0.865. The van der Waals surface area contributed by atoms with E-state index in [0.29, 0.717) is 24.0 Å². The molecule has 8 heteroatoms. The Kier molecular flexibility index (Phi) is 9.24. The molecule has 0 radical (unpaired) electrons. The molecule has 0 saturated carbocycles. The minimum Gasteiger partial charge on any atom is -0.493 e. The van der Waals surface area contributed by atoms with Crippen molar-refractivity contribution < 1.29 is 9.47 Å². The van der Waals surface area contributed by atoms with Crippen LogP contribution in [0, 0.1) is 0 Å². The third-order valence-corrected chi connectivity index (χ3v) is 4.48. The highest BCUT2D eigenvalue weighted by molar-refractivity contribution is 14.0. The Bertz CT molecular complexity index is 679. The standard InChI is InChI=1S/C16H20ClN3O2S.HI/c1-21-13-5-3-11(9-14(13)22-2)10-20-16(18)19-8-7-12-4-6-15(17)23-12;/h3-6,9H,7-8,10H2,1-2H3,(H3,18,19,20);1H. The minimum atomic E-state index is 0. The Labute approximate surface area is 168 Å². The summed E-state index contributed by atoms with van der Waals surface area (Å²) in [5.41, 5.74) is 6.88. The van der Waals surface area contributed by atoms with E-state index in [2.05, 4.69) is 10.3 Å². The number of halogens is 2. The van der Waals surface area contributed by atoms with Crippen LogP contribution in [0.15, 0.2) is 35.3 Å². The fraction of sp³-hybridized carbons (Fsp3) is 0.312. The van der Waals surface area contributed by atoms with Gasteiger partial charge in [-0.2, -0.15) is 0 Å². The Balaban J connectivity index is 0.00000288. The van der Waals surface area contributed by atoms with Crippen LogP contribution in [0.1, 0.15) is 10.4 Å². The molecule has 0 atom stereocenters. The molecule has 0 bridgehead atoms. The fourth-order valence-electron chi connectivity index (χ4n) is 2.01. The summed E-state index contributed by atoms with van der Waals surface area (Å²) in [5.74, 6) is 1.80. The van der Waals surface area contributed by atoms with Crippen LogP contribution < -0.4 is 20.5 Å². The highest BCUT2D eigenvalue weighted by Crippen LogP contribution is 2.27. The van der Waals surface area contributed by atoms with Gasteiger partial charge in [0, 0.05) is 11.4 Å². The van der Waals surface area contributed by atoms with Crippen LogP contribution in [-0.4, -0.2) is 26.7 Å². The first-order chi connectivity index (χ1) is 11.1. The molecule has 3 N–H and O–H groups in total. The summed E-state index contributed by atoms with van der Waals surface area (Å²) in [6.45, 7) is 1.20. The number of hydrogen-bond donors (Lipinski definition) is 2. The lowest BCUT2D eigenvalue weighted by Crippen LogP contribution is -2.33. The molecule has 0 saturated heterocycles. The molecule has 1 aromatic carbocycles. The molecule has 2 aromatic rings. The molecule has 0 aliphatic heterocycles. The predicted molar refractivity (Wildman–Crippen MR) is 111 cm³/mol. The molecule has 0 aliphatic carbocycles. The molecule has 0 aliphatic rings. The van der Waals surface area contributed by atoms with Gasteiger partial charge in [0.05, 0.1) is 25.1 Å². The number of nitrogens with one attached hydrogen (secondary N) is 1. The topological polar surface area (TPSA) is 68.9 Å². The first-order valence-corrected chi connectivity index (χ1v) is 8.30. The number of ether oxygens (including phenoxy) is 2. The SMILES string of the molecule is COc1ccc(CN=C(N)NCCc2ccc(Cl)s2)cc1OC.I. The zero-order valence-electron chi connectivity index (χ0n) is 13.5. The zero-order valence-corrected chi connectivity index (χ0v) is 17.4. The Hall–Kier alpha value is -1.19. The van der Waals surface area contributed by atoms with Crippen molar-refractivity contribution in [2.24, 2.45) is 10.7 Å². The number of thiophene rings is 1. The molecular weight excluding hydrogens is 461 g/mol. The molecule has 2 rings (SSSR count).